The Balaban J connectivity index is 1.95. The van der Waals surface area contributed by atoms with E-state index in [1.54, 1.807) is 0 Å². The van der Waals surface area contributed by atoms with Crippen LogP contribution in [0.5, 0.6) is 0 Å². The molecule has 4 rings (SSSR count). The molecule has 0 N–H and O–H groups in total. The quantitative estimate of drug-likeness (QED) is 0.215. The zero-order valence-corrected chi connectivity index (χ0v) is 28.6. The lowest BCUT2D eigenvalue weighted by atomic mass is 9.81. The van der Waals surface area contributed by atoms with Crippen molar-refractivity contribution in [3.8, 4) is 0 Å². The number of rotatable bonds is 6. The normalized spacial score (nSPS) is 11.4. The maximum Gasteiger partial charge on any atom is 0.193 e. The molecule has 4 aromatic carbocycles. The minimum atomic E-state index is 0.147. The predicted octanol–water partition coefficient (Wildman–Crippen LogP) is 10.4. The third-order valence-electron chi connectivity index (χ3n) is 11.0. The Bertz CT molecular complexity index is 1630. The molecule has 0 spiro atoms. The van der Waals surface area contributed by atoms with E-state index in [0.29, 0.717) is 0 Å². The first-order valence-electron chi connectivity index (χ1n) is 15.4. The van der Waals surface area contributed by atoms with Gasteiger partial charge in [0, 0.05) is 11.1 Å². The van der Waals surface area contributed by atoms with Crippen molar-refractivity contribution in [2.45, 2.75) is 110 Å². The molecule has 0 saturated carbocycles. The highest BCUT2D eigenvalue weighted by molar-refractivity contribution is 6.11. The van der Waals surface area contributed by atoms with Gasteiger partial charge in [0.15, 0.2) is 5.78 Å². The van der Waals surface area contributed by atoms with Gasteiger partial charge in [-0.05, 0) is 222 Å². The smallest absolute Gasteiger partial charge is 0.193 e. The lowest BCUT2D eigenvalue weighted by Gasteiger charge is -2.22. The van der Waals surface area contributed by atoms with Gasteiger partial charge in [0.25, 0.3) is 0 Å². The van der Waals surface area contributed by atoms with Crippen LogP contribution in [0, 0.1) is 96.9 Å². The lowest BCUT2D eigenvalue weighted by Crippen LogP contribution is -2.15. The van der Waals surface area contributed by atoms with E-state index in [2.05, 4.69) is 121 Å². The number of hydrogen-bond acceptors (Lipinski definition) is 1. The molecular formula is C41H50O. The molecule has 0 heterocycles. The number of carbonyl (C=O) groups excluding carboxylic acids is 1. The van der Waals surface area contributed by atoms with Crippen LogP contribution in [0.1, 0.15) is 116 Å². The van der Waals surface area contributed by atoms with E-state index >= 15 is 0 Å². The molecule has 0 unspecified atom stereocenters. The molecule has 42 heavy (non-hydrogen) atoms. The van der Waals surface area contributed by atoms with E-state index in [4.69, 9.17) is 0 Å². The first-order valence-corrected chi connectivity index (χ1v) is 15.4. The summed E-state index contributed by atoms with van der Waals surface area (Å²) in [5, 5.41) is 0. The standard InChI is InChI=1S/C41H50O/c1-21-15-35(31(11)29(9)25(21)5)19-37-33(13)27(7)23(3)17-39(37)41(42)40-18-24(4)28(8)34(14)38(40)20-36-16-22(2)26(6)30(10)32(36)12/h15-18H,19-20H2,1-14H3. The first kappa shape index (κ1) is 31.5. The van der Waals surface area contributed by atoms with Crippen molar-refractivity contribution in [1.82, 2.24) is 0 Å². The van der Waals surface area contributed by atoms with E-state index in [9.17, 15) is 4.79 Å². The van der Waals surface area contributed by atoms with E-state index in [-0.39, 0.29) is 5.78 Å². The molecule has 0 radical (unpaired) electrons. The Morgan fingerprint density at radius 3 is 1.00 bits per heavy atom. The van der Waals surface area contributed by atoms with Gasteiger partial charge in [-0.25, -0.2) is 0 Å². The summed E-state index contributed by atoms with van der Waals surface area (Å²) in [6, 6.07) is 8.97. The molecule has 0 aliphatic rings. The number of aryl methyl sites for hydroxylation is 4. The molecule has 0 atom stereocenters. The average molecular weight is 559 g/mol. The highest BCUT2D eigenvalue weighted by Gasteiger charge is 2.24. The molecule has 0 fully saturated rings. The van der Waals surface area contributed by atoms with Crippen molar-refractivity contribution in [2.75, 3.05) is 0 Å². The Morgan fingerprint density at radius 2 is 0.667 bits per heavy atom. The Hall–Kier alpha value is -3.45. The van der Waals surface area contributed by atoms with Crippen molar-refractivity contribution in [3.05, 3.63) is 136 Å². The summed E-state index contributed by atoms with van der Waals surface area (Å²) < 4.78 is 0. The van der Waals surface area contributed by atoms with Crippen LogP contribution in [0.4, 0.5) is 0 Å². The van der Waals surface area contributed by atoms with Gasteiger partial charge >= 0.3 is 0 Å². The summed E-state index contributed by atoms with van der Waals surface area (Å²) >= 11 is 0. The predicted molar refractivity (Wildman–Crippen MR) is 181 cm³/mol. The largest absolute Gasteiger partial charge is 0.289 e. The number of ketones is 1. The van der Waals surface area contributed by atoms with Gasteiger partial charge in [0.2, 0.25) is 0 Å². The number of hydrogen-bond donors (Lipinski definition) is 0. The summed E-state index contributed by atoms with van der Waals surface area (Å²) in [7, 11) is 0. The molecule has 0 aromatic heterocycles. The van der Waals surface area contributed by atoms with Crippen molar-refractivity contribution in [3.63, 3.8) is 0 Å². The van der Waals surface area contributed by atoms with Crippen LogP contribution in [0.3, 0.4) is 0 Å². The van der Waals surface area contributed by atoms with Gasteiger partial charge in [-0.15, -0.1) is 0 Å². The fourth-order valence-corrected chi connectivity index (χ4v) is 6.62. The molecule has 0 bridgehead atoms. The van der Waals surface area contributed by atoms with Gasteiger partial charge in [0.1, 0.15) is 0 Å². The minimum Gasteiger partial charge on any atom is -0.289 e. The second-order valence-electron chi connectivity index (χ2n) is 13.1. The molecule has 4 aromatic rings. The van der Waals surface area contributed by atoms with Crippen LogP contribution in [0.25, 0.3) is 0 Å². The van der Waals surface area contributed by atoms with Crippen LogP contribution in [0.2, 0.25) is 0 Å². The van der Waals surface area contributed by atoms with E-state index in [0.717, 1.165) is 35.1 Å². The van der Waals surface area contributed by atoms with Crippen molar-refractivity contribution in [1.29, 1.82) is 0 Å². The van der Waals surface area contributed by atoms with Crippen LogP contribution in [0.15, 0.2) is 24.3 Å². The Labute approximate surface area is 255 Å². The highest BCUT2D eigenvalue weighted by Crippen LogP contribution is 2.34. The molecule has 1 heteroatoms. The van der Waals surface area contributed by atoms with E-state index in [1.807, 2.05) is 0 Å². The number of benzene rings is 4. The molecule has 0 aliphatic carbocycles. The topological polar surface area (TPSA) is 17.1 Å². The average Bonchev–Trinajstić information content (AvgIpc) is 2.95. The van der Waals surface area contributed by atoms with Crippen LogP contribution in [-0.2, 0) is 12.8 Å². The zero-order chi connectivity index (χ0) is 31.4. The summed E-state index contributed by atoms with van der Waals surface area (Å²) in [4.78, 5) is 14.8. The van der Waals surface area contributed by atoms with Gasteiger partial charge in [-0.3, -0.25) is 4.79 Å². The van der Waals surface area contributed by atoms with E-state index in [1.165, 1.54) is 89.0 Å². The minimum absolute atomic E-state index is 0.147. The van der Waals surface area contributed by atoms with Crippen molar-refractivity contribution < 1.29 is 4.79 Å². The van der Waals surface area contributed by atoms with Gasteiger partial charge < -0.3 is 0 Å². The summed E-state index contributed by atoms with van der Waals surface area (Å²) in [6.07, 6.45) is 1.52. The lowest BCUT2D eigenvalue weighted by molar-refractivity contribution is 0.103. The van der Waals surface area contributed by atoms with Crippen molar-refractivity contribution >= 4 is 5.78 Å². The molecule has 0 saturated heterocycles. The zero-order valence-electron chi connectivity index (χ0n) is 28.6. The van der Waals surface area contributed by atoms with Crippen LogP contribution in [-0.4, -0.2) is 5.78 Å². The van der Waals surface area contributed by atoms with Crippen molar-refractivity contribution in [2.24, 2.45) is 0 Å². The maximum absolute atomic E-state index is 14.8. The maximum atomic E-state index is 14.8. The summed E-state index contributed by atoms with van der Waals surface area (Å²) in [5.74, 6) is 0.147. The molecule has 0 aliphatic heterocycles. The monoisotopic (exact) mass is 558 g/mol. The van der Waals surface area contributed by atoms with Crippen LogP contribution < -0.4 is 0 Å². The summed E-state index contributed by atoms with van der Waals surface area (Å²) in [5.41, 5.74) is 24.7. The van der Waals surface area contributed by atoms with Gasteiger partial charge in [0.05, 0.1) is 0 Å². The van der Waals surface area contributed by atoms with Gasteiger partial charge in [-0.1, -0.05) is 12.1 Å². The molecule has 1 nitrogen and oxygen atoms in total. The second kappa shape index (κ2) is 11.7. The summed E-state index contributed by atoms with van der Waals surface area (Å²) in [6.45, 7) is 30.8. The van der Waals surface area contributed by atoms with E-state index < -0.39 is 0 Å². The second-order valence-corrected chi connectivity index (χ2v) is 13.1. The fraction of sp³-hybridized carbons (Fsp3) is 0.390. The Kier molecular flexibility index (Phi) is 8.75. The SMILES string of the molecule is Cc1cc(Cc2c(C(=O)c3cc(C)c(C)c(C)c3Cc3cc(C)c(C)c(C)c3C)cc(C)c(C)c2C)c(C)c(C)c1C. The molecule has 0 amide bonds. The first-order chi connectivity index (χ1) is 19.6. The highest BCUT2D eigenvalue weighted by atomic mass is 16.1. The van der Waals surface area contributed by atoms with Gasteiger partial charge in [-0.2, -0.15) is 0 Å². The third-order valence-corrected chi connectivity index (χ3v) is 11.0. The third kappa shape index (κ3) is 5.39. The molecular weight excluding hydrogens is 508 g/mol. The molecule has 220 valence electrons. The Morgan fingerprint density at radius 1 is 0.381 bits per heavy atom. The van der Waals surface area contributed by atoms with Crippen LogP contribution >= 0.6 is 0 Å². The fourth-order valence-electron chi connectivity index (χ4n) is 6.62. The number of carbonyl (C=O) groups is 1.